The Kier molecular flexibility index (Phi) is 6.41. The molecule has 1 unspecified atom stereocenters. The summed E-state index contributed by atoms with van der Waals surface area (Å²) in [6.07, 6.45) is 6.54. The summed E-state index contributed by atoms with van der Waals surface area (Å²) < 4.78 is 37.8. The van der Waals surface area contributed by atoms with E-state index in [9.17, 15) is 4.39 Å². The number of ether oxygens (including phenoxy) is 3. The summed E-state index contributed by atoms with van der Waals surface area (Å²) in [7, 11) is 0. The first-order valence-corrected chi connectivity index (χ1v) is 13.0. The van der Waals surface area contributed by atoms with Gasteiger partial charge < -0.3 is 23.5 Å². The Morgan fingerprint density at radius 1 is 1.14 bits per heavy atom. The number of hydrogen-bond donors (Lipinski definition) is 0. The second-order valence-electron chi connectivity index (χ2n) is 10.7. The maximum atomic E-state index is 14.3. The van der Waals surface area contributed by atoms with Gasteiger partial charge in [-0.1, -0.05) is 5.10 Å². The lowest BCUT2D eigenvalue weighted by Gasteiger charge is -2.46. The average molecular weight is 487 g/mol. The van der Waals surface area contributed by atoms with E-state index in [1.165, 1.54) is 12.5 Å². The summed E-state index contributed by atoms with van der Waals surface area (Å²) in [6.45, 7) is 8.10. The summed E-state index contributed by atoms with van der Waals surface area (Å²) >= 11 is 0. The fourth-order valence-electron chi connectivity index (χ4n) is 6.37. The van der Waals surface area contributed by atoms with Crippen molar-refractivity contribution in [2.24, 2.45) is 5.92 Å². The summed E-state index contributed by atoms with van der Waals surface area (Å²) in [5.74, 6) is 1.46. The molecule has 1 aromatic heterocycles. The minimum Gasteiger partial charge on any atom is -0.490 e. The maximum Gasteiger partial charge on any atom is 0.318 e. The SMILES string of the molecule is C[C@H](Oc1ccc(F)cc1C1CCN(C2COC3(C2)CN(c2nnco2)C3)CC1)C1CCOCC1. The molecule has 35 heavy (non-hydrogen) atoms. The number of nitrogens with zero attached hydrogens (tertiary/aromatic N) is 4. The molecule has 0 aliphatic carbocycles. The van der Waals surface area contributed by atoms with E-state index in [0.717, 1.165) is 89.4 Å². The van der Waals surface area contributed by atoms with Crippen LogP contribution >= 0.6 is 0 Å². The molecular weight excluding hydrogens is 451 g/mol. The van der Waals surface area contributed by atoms with Crippen molar-refractivity contribution in [3.05, 3.63) is 36.0 Å². The van der Waals surface area contributed by atoms with Crippen molar-refractivity contribution in [3.63, 3.8) is 0 Å². The van der Waals surface area contributed by atoms with Gasteiger partial charge in [-0.3, -0.25) is 4.90 Å². The van der Waals surface area contributed by atoms with Crippen molar-refractivity contribution >= 4 is 6.01 Å². The first-order valence-electron chi connectivity index (χ1n) is 13.0. The number of likely N-dealkylation sites (tertiary alicyclic amines) is 1. The standard InChI is InChI=1S/C26H35FN4O4/c1-18(19-6-10-32-11-7-19)35-24-3-2-21(27)12-23(24)20-4-8-30(9-5-20)22-13-26(34-14-22)15-31(16-26)25-29-28-17-33-25/h2-3,12,17-20,22H,4-11,13-16H2,1H3/t18-,22?/m0/s1. The van der Waals surface area contributed by atoms with Crippen LogP contribution in [0.1, 0.15) is 50.5 Å². The molecule has 9 heteroatoms. The molecule has 4 fully saturated rings. The van der Waals surface area contributed by atoms with E-state index in [2.05, 4.69) is 26.9 Å². The molecule has 0 radical (unpaired) electrons. The average Bonchev–Trinajstić information content (AvgIpc) is 3.56. The first kappa shape index (κ1) is 23.2. The van der Waals surface area contributed by atoms with Crippen LogP contribution in [0.4, 0.5) is 10.4 Å². The predicted molar refractivity (Wildman–Crippen MR) is 127 cm³/mol. The minimum atomic E-state index is -0.185. The Labute approximate surface area is 205 Å². The third-order valence-electron chi connectivity index (χ3n) is 8.47. The van der Waals surface area contributed by atoms with Crippen LogP contribution in [0.3, 0.4) is 0 Å². The predicted octanol–water partition coefficient (Wildman–Crippen LogP) is 3.63. The van der Waals surface area contributed by atoms with Gasteiger partial charge in [-0.2, -0.15) is 0 Å². The van der Waals surface area contributed by atoms with E-state index in [1.807, 2.05) is 6.07 Å². The van der Waals surface area contributed by atoms with Crippen LogP contribution in [0.5, 0.6) is 5.75 Å². The lowest BCUT2D eigenvalue weighted by atomic mass is 9.86. The zero-order chi connectivity index (χ0) is 23.8. The summed E-state index contributed by atoms with van der Waals surface area (Å²) in [4.78, 5) is 4.64. The van der Waals surface area contributed by atoms with Gasteiger partial charge in [0, 0.05) is 24.8 Å². The van der Waals surface area contributed by atoms with Crippen molar-refractivity contribution in [3.8, 4) is 5.75 Å². The fourth-order valence-corrected chi connectivity index (χ4v) is 6.37. The van der Waals surface area contributed by atoms with E-state index < -0.39 is 0 Å². The van der Waals surface area contributed by atoms with Crippen molar-refractivity contribution in [2.45, 2.75) is 62.7 Å². The maximum absolute atomic E-state index is 14.3. The highest BCUT2D eigenvalue weighted by Crippen LogP contribution is 2.41. The van der Waals surface area contributed by atoms with Crippen LogP contribution in [0.15, 0.2) is 29.0 Å². The van der Waals surface area contributed by atoms with Gasteiger partial charge in [0.05, 0.1) is 25.8 Å². The van der Waals surface area contributed by atoms with Gasteiger partial charge in [-0.15, -0.1) is 5.10 Å². The number of rotatable bonds is 6. The van der Waals surface area contributed by atoms with Crippen molar-refractivity contribution in [1.82, 2.24) is 15.1 Å². The first-order chi connectivity index (χ1) is 17.1. The molecule has 2 atom stereocenters. The van der Waals surface area contributed by atoms with Crippen LogP contribution < -0.4 is 9.64 Å². The molecule has 0 bridgehead atoms. The normalized spacial score (nSPS) is 26.7. The van der Waals surface area contributed by atoms with E-state index in [1.54, 1.807) is 6.07 Å². The molecule has 8 nitrogen and oxygen atoms in total. The molecule has 0 amide bonds. The zero-order valence-corrected chi connectivity index (χ0v) is 20.4. The fraction of sp³-hybridized carbons (Fsp3) is 0.692. The van der Waals surface area contributed by atoms with Gasteiger partial charge in [-0.25, -0.2) is 4.39 Å². The van der Waals surface area contributed by atoms with E-state index >= 15 is 0 Å². The molecule has 5 heterocycles. The molecular formula is C26H35FN4O4. The minimum absolute atomic E-state index is 0.0974. The van der Waals surface area contributed by atoms with Crippen LogP contribution in [0.2, 0.25) is 0 Å². The molecule has 190 valence electrons. The molecule has 1 spiro atoms. The lowest BCUT2D eigenvalue weighted by molar-refractivity contribution is -0.0216. The Bertz CT molecular complexity index is 985. The lowest BCUT2D eigenvalue weighted by Crippen LogP contribution is -2.62. The number of halogens is 1. The van der Waals surface area contributed by atoms with Crippen LogP contribution in [0.25, 0.3) is 0 Å². The number of benzene rings is 1. The summed E-state index contributed by atoms with van der Waals surface area (Å²) in [5, 5.41) is 7.76. The third-order valence-corrected chi connectivity index (χ3v) is 8.47. The molecule has 4 saturated heterocycles. The largest absolute Gasteiger partial charge is 0.490 e. The van der Waals surface area contributed by atoms with Crippen LogP contribution in [-0.4, -0.2) is 78.8 Å². The number of anilines is 1. The second kappa shape index (κ2) is 9.67. The monoisotopic (exact) mass is 486 g/mol. The van der Waals surface area contributed by atoms with Gasteiger partial charge in [0.25, 0.3) is 0 Å². The van der Waals surface area contributed by atoms with Gasteiger partial charge in [0.2, 0.25) is 6.39 Å². The quantitative estimate of drug-likeness (QED) is 0.613. The summed E-state index contributed by atoms with van der Waals surface area (Å²) in [6, 6.07) is 6.05. The van der Waals surface area contributed by atoms with Crippen molar-refractivity contribution < 1.29 is 23.0 Å². The van der Waals surface area contributed by atoms with Gasteiger partial charge >= 0.3 is 6.01 Å². The van der Waals surface area contributed by atoms with Crippen molar-refractivity contribution in [2.75, 3.05) is 50.9 Å². The van der Waals surface area contributed by atoms with Gasteiger partial charge in [0.15, 0.2) is 0 Å². The van der Waals surface area contributed by atoms with Crippen LogP contribution in [-0.2, 0) is 9.47 Å². The molecule has 0 saturated carbocycles. The highest BCUT2D eigenvalue weighted by atomic mass is 19.1. The molecule has 2 aromatic rings. The van der Waals surface area contributed by atoms with Gasteiger partial charge in [0.1, 0.15) is 17.2 Å². The van der Waals surface area contributed by atoms with E-state index in [0.29, 0.717) is 23.9 Å². The molecule has 4 aliphatic rings. The van der Waals surface area contributed by atoms with Gasteiger partial charge in [-0.05, 0) is 82.2 Å². The van der Waals surface area contributed by atoms with Crippen LogP contribution in [0, 0.1) is 11.7 Å². The number of piperidine rings is 1. The number of aromatic nitrogens is 2. The summed E-state index contributed by atoms with van der Waals surface area (Å²) in [5.41, 5.74) is 0.928. The Morgan fingerprint density at radius 3 is 2.69 bits per heavy atom. The third kappa shape index (κ3) is 4.78. The Hall–Kier alpha value is -2.23. The molecule has 6 rings (SSSR count). The van der Waals surface area contributed by atoms with E-state index in [-0.39, 0.29) is 17.5 Å². The Balaban J connectivity index is 1.05. The zero-order valence-electron chi connectivity index (χ0n) is 20.4. The highest BCUT2D eigenvalue weighted by molar-refractivity contribution is 5.38. The molecule has 0 N–H and O–H groups in total. The topological polar surface area (TPSA) is 73.1 Å². The second-order valence-corrected chi connectivity index (χ2v) is 10.7. The molecule has 1 aromatic carbocycles. The van der Waals surface area contributed by atoms with E-state index in [4.69, 9.17) is 18.6 Å². The smallest absolute Gasteiger partial charge is 0.318 e. The number of hydrogen-bond acceptors (Lipinski definition) is 8. The Morgan fingerprint density at radius 2 is 1.94 bits per heavy atom. The molecule has 4 aliphatic heterocycles. The van der Waals surface area contributed by atoms with Crippen molar-refractivity contribution in [1.29, 1.82) is 0 Å². The highest BCUT2D eigenvalue weighted by Gasteiger charge is 2.52.